The van der Waals surface area contributed by atoms with Gasteiger partial charge in [-0.25, -0.2) is 18.2 Å². The molecule has 2 aromatic rings. The maximum absolute atomic E-state index is 12.5. The van der Waals surface area contributed by atoms with E-state index in [0.29, 0.717) is 11.6 Å². The largest absolute Gasteiger partial charge is 0.505 e. The number of fused-ring (bicyclic) bond motifs is 1. The molecule has 0 spiro atoms. The predicted molar refractivity (Wildman–Crippen MR) is 137 cm³/mol. The van der Waals surface area contributed by atoms with Gasteiger partial charge in [0.05, 0.1) is 4.90 Å². The summed E-state index contributed by atoms with van der Waals surface area (Å²) in [6.45, 7) is 9.20. The molecule has 1 aromatic heterocycles. The van der Waals surface area contributed by atoms with Gasteiger partial charge in [-0.1, -0.05) is 32.1 Å². The normalized spacial score (nSPS) is 14.8. The Balaban J connectivity index is 0.000000302. The topological polar surface area (TPSA) is 172 Å². The van der Waals surface area contributed by atoms with Crippen LogP contribution in [0.1, 0.15) is 30.7 Å². The number of nitrogens with one attached hydrogen (secondary N) is 2. The van der Waals surface area contributed by atoms with E-state index < -0.39 is 22.0 Å². The number of hydrogen-bond donors (Lipinski definition) is 4. The number of aryl methyl sites for hydroxylation is 1. The number of hydrogen-bond acceptors (Lipinski definition) is 8. The van der Waals surface area contributed by atoms with Crippen molar-refractivity contribution < 1.29 is 27.9 Å². The highest BCUT2D eigenvalue weighted by Crippen LogP contribution is 2.34. The van der Waals surface area contributed by atoms with Gasteiger partial charge >= 0.3 is 6.03 Å². The van der Waals surface area contributed by atoms with Crippen LogP contribution >= 0.6 is 11.3 Å². The molecule has 1 aliphatic heterocycles. The number of likely N-dealkylation sites (N-methyl/N-ethyl adjacent to an activating group) is 1. The molecule has 1 aromatic carbocycles. The van der Waals surface area contributed by atoms with Gasteiger partial charge in [0.1, 0.15) is 0 Å². The van der Waals surface area contributed by atoms with E-state index in [4.69, 9.17) is 5.73 Å². The Labute approximate surface area is 213 Å². The molecule has 1 aliphatic rings. The number of thiazole rings is 1. The lowest BCUT2D eigenvalue weighted by Crippen LogP contribution is -2.40. The number of aliphatic hydroxyl groups excluding tert-OH is 1. The van der Waals surface area contributed by atoms with E-state index in [9.17, 15) is 27.9 Å². The lowest BCUT2D eigenvalue weighted by Gasteiger charge is -2.28. The van der Waals surface area contributed by atoms with Gasteiger partial charge < -0.3 is 10.8 Å². The molecule has 13 heteroatoms. The summed E-state index contributed by atoms with van der Waals surface area (Å²) in [5.74, 6) is -1.52. The number of benzene rings is 1. The number of nitrogens with zero attached hydrogens (tertiary/aromatic N) is 2. The van der Waals surface area contributed by atoms with Crippen molar-refractivity contribution in [2.24, 2.45) is 17.6 Å². The molecule has 11 nitrogen and oxygen atoms in total. The van der Waals surface area contributed by atoms with Gasteiger partial charge in [0.2, 0.25) is 5.91 Å². The van der Waals surface area contributed by atoms with Crippen LogP contribution in [-0.2, 0) is 19.6 Å². The summed E-state index contributed by atoms with van der Waals surface area (Å²) in [6.07, 6.45) is 3.80. The molecular weight excluding hydrogens is 506 g/mol. The molecule has 0 bridgehead atoms. The number of aliphatic hydroxyl groups is 1. The molecule has 0 saturated heterocycles. The molecule has 0 radical (unpaired) electrons. The summed E-state index contributed by atoms with van der Waals surface area (Å²) in [5.41, 5.74) is 4.60. The molecule has 0 fully saturated rings. The molecular formula is C23H29N5O6S2. The minimum atomic E-state index is -3.90. The second-order valence-corrected chi connectivity index (χ2v) is 11.3. The first-order chi connectivity index (χ1) is 16.8. The number of carbonyl (C=O) groups excluding carboxylic acids is 3. The summed E-state index contributed by atoms with van der Waals surface area (Å²) in [5, 5.41) is 15.3. The minimum Gasteiger partial charge on any atom is -0.505 e. The summed E-state index contributed by atoms with van der Waals surface area (Å²) in [7, 11) is -2.67. The number of imide groups is 1. The maximum Gasteiger partial charge on any atom is 0.318 e. The number of aromatic nitrogens is 1. The van der Waals surface area contributed by atoms with Gasteiger partial charge in [-0.2, -0.15) is 0 Å². The number of amides is 4. The van der Waals surface area contributed by atoms with E-state index >= 15 is 0 Å². The number of nitrogens with two attached hydrogens (primary N) is 1. The Morgan fingerprint density at radius 2 is 1.92 bits per heavy atom. The van der Waals surface area contributed by atoms with Crippen LogP contribution in [0.4, 0.5) is 9.93 Å². The van der Waals surface area contributed by atoms with Crippen molar-refractivity contribution in [3.05, 3.63) is 59.3 Å². The van der Waals surface area contributed by atoms with Gasteiger partial charge in [0.15, 0.2) is 16.6 Å². The average Bonchev–Trinajstić information content (AvgIpc) is 3.20. The molecule has 1 atom stereocenters. The zero-order valence-electron chi connectivity index (χ0n) is 20.3. The Bertz CT molecular complexity index is 1300. The Hall–Kier alpha value is -3.71. The third-order valence-corrected chi connectivity index (χ3v) is 7.83. The highest BCUT2D eigenvalue weighted by molar-refractivity contribution is 7.89. The van der Waals surface area contributed by atoms with Crippen LogP contribution in [0.5, 0.6) is 0 Å². The quantitative estimate of drug-likeness (QED) is 0.412. The van der Waals surface area contributed by atoms with Crippen molar-refractivity contribution in [1.82, 2.24) is 14.6 Å². The Morgan fingerprint density at radius 3 is 2.44 bits per heavy atom. The van der Waals surface area contributed by atoms with Gasteiger partial charge in [-0.3, -0.25) is 24.5 Å². The maximum atomic E-state index is 12.5. The first-order valence-corrected chi connectivity index (χ1v) is 13.0. The monoisotopic (exact) mass is 535 g/mol. The molecule has 3 rings (SSSR count). The molecule has 0 saturated carbocycles. The Morgan fingerprint density at radius 1 is 1.28 bits per heavy atom. The van der Waals surface area contributed by atoms with Crippen molar-refractivity contribution in [2.45, 2.75) is 32.1 Å². The number of allylic oxidation sites excluding steroid dienone is 1. The van der Waals surface area contributed by atoms with Crippen molar-refractivity contribution in [2.75, 3.05) is 12.4 Å². The molecule has 0 aliphatic carbocycles. The standard InChI is InChI=1S/C14H13N3O4S2.C9H16N2O2/c1-8-7-15-14(22-8)16-13(19)11-12(18)9-5-3-4-6-10(9)23(20,21)17(11)2;1-4-5-7(6(2)3)8(12)11-9(10)13/h3-7,18H,1-2H3,(H,15,16,19);4,6-7H,1,5H2,2-3H3,(H3,10,11,12,13). The fourth-order valence-electron chi connectivity index (χ4n) is 3.33. The molecule has 36 heavy (non-hydrogen) atoms. The summed E-state index contributed by atoms with van der Waals surface area (Å²) < 4.78 is 25.8. The molecule has 2 heterocycles. The first-order valence-electron chi connectivity index (χ1n) is 10.8. The number of carbonyl (C=O) groups is 3. The zero-order valence-corrected chi connectivity index (χ0v) is 21.9. The average molecular weight is 536 g/mol. The second-order valence-electron chi connectivity index (χ2n) is 8.12. The lowest BCUT2D eigenvalue weighted by molar-refractivity contribution is -0.125. The van der Waals surface area contributed by atoms with E-state index in [2.05, 4.69) is 22.2 Å². The first kappa shape index (κ1) is 28.5. The van der Waals surface area contributed by atoms with Crippen LogP contribution in [-0.4, -0.2) is 47.7 Å². The summed E-state index contributed by atoms with van der Waals surface area (Å²) in [6, 6.07) is 5.18. The van der Waals surface area contributed by atoms with E-state index in [1.165, 1.54) is 30.5 Å². The van der Waals surface area contributed by atoms with Crippen LogP contribution in [0.3, 0.4) is 0 Å². The van der Waals surface area contributed by atoms with Crippen LogP contribution in [0.2, 0.25) is 0 Å². The van der Waals surface area contributed by atoms with Gasteiger partial charge in [0, 0.05) is 29.6 Å². The molecule has 194 valence electrons. The van der Waals surface area contributed by atoms with E-state index in [-0.39, 0.29) is 39.7 Å². The smallest absolute Gasteiger partial charge is 0.318 e. The van der Waals surface area contributed by atoms with Crippen molar-refractivity contribution in [3.8, 4) is 0 Å². The van der Waals surface area contributed by atoms with Gasteiger partial charge in [-0.15, -0.1) is 17.9 Å². The fourth-order valence-corrected chi connectivity index (χ4v) is 5.38. The van der Waals surface area contributed by atoms with Gasteiger partial charge in [-0.05, 0) is 31.4 Å². The number of sulfonamides is 1. The van der Waals surface area contributed by atoms with Crippen molar-refractivity contribution in [3.63, 3.8) is 0 Å². The molecule has 4 amide bonds. The van der Waals surface area contributed by atoms with Crippen LogP contribution in [0.25, 0.3) is 5.76 Å². The van der Waals surface area contributed by atoms with Gasteiger partial charge in [0.25, 0.3) is 15.9 Å². The number of primary amides is 1. The fraction of sp³-hybridized carbons (Fsp3) is 0.304. The third-order valence-electron chi connectivity index (χ3n) is 5.19. The molecule has 1 unspecified atom stereocenters. The highest BCUT2D eigenvalue weighted by atomic mass is 32.2. The van der Waals surface area contributed by atoms with E-state index in [1.807, 2.05) is 20.8 Å². The number of urea groups is 1. The number of anilines is 1. The SMILES string of the molecule is C=CCC(C(=O)NC(N)=O)C(C)C.Cc1cnc(NC(=O)C2=C(O)c3ccccc3S(=O)(=O)N2C)s1. The Kier molecular flexibility index (Phi) is 9.36. The number of rotatable bonds is 6. The second kappa shape index (κ2) is 11.8. The van der Waals surface area contributed by atoms with Crippen LogP contribution < -0.4 is 16.4 Å². The van der Waals surface area contributed by atoms with E-state index in [0.717, 1.165) is 9.18 Å². The lowest BCUT2D eigenvalue weighted by atomic mass is 9.92. The molecule has 5 N–H and O–H groups in total. The predicted octanol–water partition coefficient (Wildman–Crippen LogP) is 2.98. The van der Waals surface area contributed by atoms with Crippen molar-refractivity contribution in [1.29, 1.82) is 0 Å². The zero-order chi connectivity index (χ0) is 27.2. The highest BCUT2D eigenvalue weighted by Gasteiger charge is 2.37. The van der Waals surface area contributed by atoms with Crippen LogP contribution in [0, 0.1) is 18.8 Å². The van der Waals surface area contributed by atoms with Crippen LogP contribution in [0.15, 0.2) is 53.7 Å². The summed E-state index contributed by atoms with van der Waals surface area (Å²) >= 11 is 1.25. The third kappa shape index (κ3) is 6.49. The van der Waals surface area contributed by atoms with E-state index in [1.54, 1.807) is 24.4 Å². The summed E-state index contributed by atoms with van der Waals surface area (Å²) in [4.78, 5) is 39.0. The minimum absolute atomic E-state index is 0.0401. The van der Waals surface area contributed by atoms with Crippen molar-refractivity contribution >= 4 is 50.1 Å².